The summed E-state index contributed by atoms with van der Waals surface area (Å²) in [6.45, 7) is -0.0201. The maximum absolute atomic E-state index is 10.6. The molecule has 0 aliphatic heterocycles. The van der Waals surface area contributed by atoms with Crippen LogP contribution in [0.15, 0.2) is 0 Å². The highest BCUT2D eigenvalue weighted by Gasteiger charge is 1.95. The van der Waals surface area contributed by atoms with Crippen molar-refractivity contribution in [3.8, 4) is 0 Å². The molecule has 0 atom stereocenters. The van der Waals surface area contributed by atoms with Gasteiger partial charge in [-0.15, -0.1) is 0 Å². The fraction of sp³-hybridized carbons (Fsp3) is 0.857. The number of hydrogen-bond donors (Lipinski definition) is 1. The van der Waals surface area contributed by atoms with E-state index in [0.29, 0.717) is 12.8 Å². The summed E-state index contributed by atoms with van der Waals surface area (Å²) in [5, 5.41) is 12.5. The van der Waals surface area contributed by atoms with E-state index >= 15 is 0 Å². The summed E-state index contributed by atoms with van der Waals surface area (Å²) >= 11 is 0. The summed E-state index contributed by atoms with van der Waals surface area (Å²) in [5.74, 6) is 0.0610. The minimum absolute atomic E-state index is 0.0201. The summed E-state index contributed by atoms with van der Waals surface area (Å²) in [5.41, 5.74) is 0. The largest absolute Gasteiger partial charge is 0.359 e. The monoisotopic (exact) mass is 144 g/mol. The summed E-state index contributed by atoms with van der Waals surface area (Å²) in [6.07, 6.45) is 2.95. The lowest BCUT2D eigenvalue weighted by atomic mass is 10.2. The molecular weight excluding hydrogens is 130 g/mol. The highest BCUT2D eigenvalue weighted by molar-refractivity contribution is 5.75. The average Bonchev–Trinajstić information content (AvgIpc) is 1.98. The molecule has 0 saturated heterocycles. The molecule has 0 aromatic carbocycles. The normalized spacial score (nSPS) is 9.40. The Labute approximate surface area is 61.4 Å². The lowest BCUT2D eigenvalue weighted by molar-refractivity contribution is -0.120. The van der Waals surface area contributed by atoms with E-state index in [2.05, 4.69) is 5.32 Å². The standard InChI is InChI=1S/C7H14NO2/c1-8-7(10)5-3-2-4-6-9/h2-6H2,1H3,(H,8,10). The lowest BCUT2D eigenvalue weighted by Gasteiger charge is -1.96. The van der Waals surface area contributed by atoms with Crippen molar-refractivity contribution in [2.75, 3.05) is 13.7 Å². The van der Waals surface area contributed by atoms with Crippen LogP contribution in [0.25, 0.3) is 0 Å². The molecule has 1 radical (unpaired) electrons. The quantitative estimate of drug-likeness (QED) is 0.568. The van der Waals surface area contributed by atoms with E-state index in [1.807, 2.05) is 0 Å². The summed E-state index contributed by atoms with van der Waals surface area (Å²) in [6, 6.07) is 0. The van der Waals surface area contributed by atoms with Crippen molar-refractivity contribution in [2.45, 2.75) is 25.7 Å². The molecule has 0 saturated carbocycles. The predicted molar refractivity (Wildman–Crippen MR) is 38.1 cm³/mol. The molecule has 3 heteroatoms. The topological polar surface area (TPSA) is 49.0 Å². The fourth-order valence-electron chi connectivity index (χ4n) is 0.689. The van der Waals surface area contributed by atoms with Crippen molar-refractivity contribution in [1.29, 1.82) is 0 Å². The van der Waals surface area contributed by atoms with Crippen LogP contribution < -0.4 is 5.32 Å². The Balaban J connectivity index is 2.96. The Morgan fingerprint density at radius 1 is 1.30 bits per heavy atom. The van der Waals surface area contributed by atoms with Gasteiger partial charge in [0.05, 0.1) is 6.61 Å². The predicted octanol–water partition coefficient (Wildman–Crippen LogP) is 0.723. The first-order chi connectivity index (χ1) is 4.81. The molecule has 3 nitrogen and oxygen atoms in total. The Hall–Kier alpha value is -0.570. The summed E-state index contributed by atoms with van der Waals surface area (Å²) in [7, 11) is 1.62. The molecule has 0 aliphatic rings. The fourth-order valence-corrected chi connectivity index (χ4v) is 0.689. The van der Waals surface area contributed by atoms with Crippen molar-refractivity contribution in [2.24, 2.45) is 0 Å². The molecule has 0 aromatic rings. The van der Waals surface area contributed by atoms with E-state index < -0.39 is 0 Å². The van der Waals surface area contributed by atoms with Crippen LogP contribution in [0.4, 0.5) is 0 Å². The third-order valence-electron chi connectivity index (χ3n) is 1.33. The van der Waals surface area contributed by atoms with Gasteiger partial charge in [-0.3, -0.25) is 4.79 Å². The smallest absolute Gasteiger partial charge is 0.219 e. The van der Waals surface area contributed by atoms with Gasteiger partial charge in [-0.05, 0) is 12.8 Å². The van der Waals surface area contributed by atoms with Gasteiger partial charge in [-0.25, -0.2) is 5.11 Å². The molecule has 0 aromatic heterocycles. The first-order valence-electron chi connectivity index (χ1n) is 3.60. The van der Waals surface area contributed by atoms with Gasteiger partial charge in [0, 0.05) is 13.5 Å². The zero-order chi connectivity index (χ0) is 7.82. The van der Waals surface area contributed by atoms with Gasteiger partial charge in [0.15, 0.2) is 0 Å². The summed E-state index contributed by atoms with van der Waals surface area (Å²) < 4.78 is 0. The van der Waals surface area contributed by atoms with Crippen LogP contribution in [0.5, 0.6) is 0 Å². The second-order valence-corrected chi connectivity index (χ2v) is 2.19. The zero-order valence-electron chi connectivity index (χ0n) is 6.35. The number of unbranched alkanes of at least 4 members (excludes halogenated alkanes) is 2. The van der Waals surface area contributed by atoms with Gasteiger partial charge in [-0.2, -0.15) is 0 Å². The highest BCUT2D eigenvalue weighted by Crippen LogP contribution is 1.97. The Bertz CT molecular complexity index is 93.6. The lowest BCUT2D eigenvalue weighted by Crippen LogP contribution is -2.16. The van der Waals surface area contributed by atoms with Gasteiger partial charge >= 0.3 is 0 Å². The minimum Gasteiger partial charge on any atom is -0.359 e. The molecule has 59 valence electrons. The summed E-state index contributed by atoms with van der Waals surface area (Å²) in [4.78, 5) is 10.6. The molecule has 0 fully saturated rings. The second-order valence-electron chi connectivity index (χ2n) is 2.19. The van der Waals surface area contributed by atoms with Gasteiger partial charge in [0.1, 0.15) is 0 Å². The van der Waals surface area contributed by atoms with Gasteiger partial charge in [0.2, 0.25) is 5.91 Å². The molecule has 1 amide bonds. The van der Waals surface area contributed by atoms with E-state index in [0.717, 1.165) is 12.8 Å². The van der Waals surface area contributed by atoms with Crippen LogP contribution in [0.3, 0.4) is 0 Å². The third-order valence-corrected chi connectivity index (χ3v) is 1.33. The van der Waals surface area contributed by atoms with Crippen LogP contribution in [-0.2, 0) is 9.90 Å². The van der Waals surface area contributed by atoms with Crippen molar-refractivity contribution in [1.82, 2.24) is 5.32 Å². The zero-order valence-corrected chi connectivity index (χ0v) is 6.35. The number of carbonyl (C=O) groups is 1. The molecule has 10 heavy (non-hydrogen) atoms. The van der Waals surface area contributed by atoms with Crippen molar-refractivity contribution in [3.05, 3.63) is 0 Å². The van der Waals surface area contributed by atoms with E-state index in [-0.39, 0.29) is 12.5 Å². The van der Waals surface area contributed by atoms with E-state index in [1.165, 1.54) is 0 Å². The van der Waals surface area contributed by atoms with Crippen LogP contribution in [0, 0.1) is 0 Å². The average molecular weight is 144 g/mol. The molecule has 0 aliphatic carbocycles. The Morgan fingerprint density at radius 3 is 2.50 bits per heavy atom. The Morgan fingerprint density at radius 2 is 2.00 bits per heavy atom. The van der Waals surface area contributed by atoms with E-state index in [4.69, 9.17) is 0 Å². The van der Waals surface area contributed by atoms with Crippen molar-refractivity contribution < 1.29 is 9.90 Å². The molecule has 0 spiro atoms. The molecular formula is C7H14NO2. The Kier molecular flexibility index (Phi) is 6.18. The van der Waals surface area contributed by atoms with Crippen molar-refractivity contribution >= 4 is 5.91 Å². The minimum atomic E-state index is -0.0201. The molecule has 1 N–H and O–H groups in total. The SMILES string of the molecule is CNC(=O)CCCCC[O]. The number of hydrogen-bond acceptors (Lipinski definition) is 1. The molecule has 0 heterocycles. The maximum Gasteiger partial charge on any atom is 0.219 e. The highest BCUT2D eigenvalue weighted by atomic mass is 16.2. The number of carbonyl (C=O) groups excluding carboxylic acids is 1. The molecule has 0 bridgehead atoms. The van der Waals surface area contributed by atoms with Crippen LogP contribution >= 0.6 is 0 Å². The molecule has 0 unspecified atom stereocenters. The number of nitrogens with one attached hydrogen (secondary N) is 1. The number of amides is 1. The molecule has 0 rings (SSSR count). The van der Waals surface area contributed by atoms with E-state index in [1.54, 1.807) is 7.05 Å². The van der Waals surface area contributed by atoms with Gasteiger partial charge < -0.3 is 5.32 Å². The first-order valence-corrected chi connectivity index (χ1v) is 3.60. The van der Waals surface area contributed by atoms with Gasteiger partial charge in [-0.1, -0.05) is 6.42 Å². The second kappa shape index (κ2) is 6.55. The van der Waals surface area contributed by atoms with Gasteiger partial charge in [0.25, 0.3) is 0 Å². The van der Waals surface area contributed by atoms with Crippen LogP contribution in [-0.4, -0.2) is 19.6 Å². The van der Waals surface area contributed by atoms with E-state index in [9.17, 15) is 9.90 Å². The van der Waals surface area contributed by atoms with Crippen molar-refractivity contribution in [3.63, 3.8) is 0 Å². The van der Waals surface area contributed by atoms with Crippen LogP contribution in [0.1, 0.15) is 25.7 Å². The maximum atomic E-state index is 10.6. The van der Waals surface area contributed by atoms with Crippen LogP contribution in [0.2, 0.25) is 0 Å². The first kappa shape index (κ1) is 9.43. The number of rotatable bonds is 5. The third kappa shape index (κ3) is 5.56.